The molecule has 0 aromatic carbocycles. The van der Waals surface area contributed by atoms with Crippen LogP contribution in [0, 0.1) is 17.8 Å². The van der Waals surface area contributed by atoms with Crippen molar-refractivity contribution < 1.29 is 14.1 Å². The molecule has 5 rings (SSSR count). The summed E-state index contributed by atoms with van der Waals surface area (Å²) in [6.07, 6.45) is 12.2. The van der Waals surface area contributed by atoms with Crippen molar-refractivity contribution in [2.45, 2.75) is 88.3 Å². The first-order valence-corrected chi connectivity index (χ1v) is 11.9. The average molecular weight is 412 g/mol. The van der Waals surface area contributed by atoms with Crippen LogP contribution in [0.3, 0.4) is 0 Å². The molecule has 162 valence electrons. The van der Waals surface area contributed by atoms with Gasteiger partial charge in [0.2, 0.25) is 0 Å². The van der Waals surface area contributed by atoms with E-state index < -0.39 is 0 Å². The summed E-state index contributed by atoms with van der Waals surface area (Å²) in [5.41, 5.74) is 0.410. The molecule has 4 fully saturated rings. The minimum Gasteiger partial charge on any atom is -0.367 e. The van der Waals surface area contributed by atoms with Gasteiger partial charge in [0.1, 0.15) is 12.4 Å². The highest BCUT2D eigenvalue weighted by Crippen LogP contribution is 2.40. The minimum atomic E-state index is -0.119. The lowest BCUT2D eigenvalue weighted by Gasteiger charge is -2.23. The summed E-state index contributed by atoms with van der Waals surface area (Å²) in [4.78, 5) is 15.1. The Bertz CT molecular complexity index is 796. The van der Waals surface area contributed by atoms with Crippen LogP contribution in [-0.2, 0) is 4.74 Å². The third-order valence-electron chi connectivity index (χ3n) is 6.94. The average Bonchev–Trinajstić information content (AvgIpc) is 3.70. The fourth-order valence-corrected chi connectivity index (χ4v) is 4.96. The molecule has 2 atom stereocenters. The topological polar surface area (TPSA) is 67.6 Å². The van der Waals surface area contributed by atoms with Gasteiger partial charge in [-0.15, -0.1) is 0 Å². The molecule has 2 unspecified atom stereocenters. The summed E-state index contributed by atoms with van der Waals surface area (Å²) >= 11 is 0. The zero-order chi connectivity index (χ0) is 20.3. The Hall–Kier alpha value is -1.84. The number of nitrogens with one attached hydrogen (secondary N) is 1. The number of ether oxygens (including phenoxy) is 1. The summed E-state index contributed by atoms with van der Waals surface area (Å²) < 4.78 is 11.3. The van der Waals surface area contributed by atoms with E-state index in [0.29, 0.717) is 42.8 Å². The number of aromatic nitrogens is 1. The number of nitrogens with zero attached hydrogens (tertiary/aromatic N) is 2. The first-order chi connectivity index (χ1) is 14.8. The van der Waals surface area contributed by atoms with Crippen LogP contribution in [0.5, 0.6) is 0 Å². The fraction of sp³-hybridized carbons (Fsp3) is 0.750. The second-order valence-electron chi connectivity index (χ2n) is 9.55. The highest BCUT2D eigenvalue weighted by atomic mass is 16.5. The highest BCUT2D eigenvalue weighted by molar-refractivity contribution is 5.92. The lowest BCUT2D eigenvalue weighted by atomic mass is 9.90. The van der Waals surface area contributed by atoms with E-state index in [1.54, 1.807) is 0 Å². The van der Waals surface area contributed by atoms with Crippen LogP contribution in [0.1, 0.15) is 86.4 Å². The van der Waals surface area contributed by atoms with Crippen LogP contribution in [-0.4, -0.2) is 53.8 Å². The monoisotopic (exact) mass is 411 g/mol. The summed E-state index contributed by atoms with van der Waals surface area (Å²) in [7, 11) is 0. The van der Waals surface area contributed by atoms with Crippen LogP contribution < -0.4 is 5.32 Å². The van der Waals surface area contributed by atoms with E-state index in [2.05, 4.69) is 27.2 Å². The van der Waals surface area contributed by atoms with Crippen molar-refractivity contribution in [3.8, 4) is 11.8 Å². The lowest BCUT2D eigenvalue weighted by molar-refractivity contribution is 0.0928. The van der Waals surface area contributed by atoms with E-state index in [9.17, 15) is 4.79 Å². The maximum Gasteiger partial charge on any atom is 0.273 e. The molecule has 1 amide bonds. The first kappa shape index (κ1) is 20.1. The van der Waals surface area contributed by atoms with Crippen molar-refractivity contribution in [3.05, 3.63) is 17.5 Å². The molecule has 30 heavy (non-hydrogen) atoms. The Morgan fingerprint density at radius 3 is 2.80 bits per heavy atom. The largest absolute Gasteiger partial charge is 0.367 e. The first-order valence-electron chi connectivity index (χ1n) is 11.9. The Balaban J connectivity index is 1.09. The van der Waals surface area contributed by atoms with Gasteiger partial charge in [0, 0.05) is 42.6 Å². The molecule has 2 heterocycles. The van der Waals surface area contributed by atoms with Crippen molar-refractivity contribution in [2.24, 2.45) is 5.92 Å². The number of rotatable bonds is 7. The smallest absolute Gasteiger partial charge is 0.273 e. The third kappa shape index (κ3) is 5.07. The van der Waals surface area contributed by atoms with Crippen LogP contribution in [0.4, 0.5) is 0 Å². The highest BCUT2D eigenvalue weighted by Gasteiger charge is 2.41. The molecule has 0 radical (unpaired) electrons. The van der Waals surface area contributed by atoms with Crippen molar-refractivity contribution in [1.29, 1.82) is 0 Å². The second kappa shape index (κ2) is 9.11. The van der Waals surface area contributed by atoms with Gasteiger partial charge in [0.25, 0.3) is 5.91 Å². The Kier molecular flexibility index (Phi) is 6.10. The van der Waals surface area contributed by atoms with Crippen LogP contribution in [0.25, 0.3) is 0 Å². The van der Waals surface area contributed by atoms with Crippen LogP contribution in [0.2, 0.25) is 0 Å². The van der Waals surface area contributed by atoms with Crippen LogP contribution >= 0.6 is 0 Å². The molecule has 1 saturated heterocycles. The van der Waals surface area contributed by atoms with Crippen molar-refractivity contribution >= 4 is 5.91 Å². The molecule has 6 nitrogen and oxygen atoms in total. The molecule has 1 N–H and O–H groups in total. The van der Waals surface area contributed by atoms with Gasteiger partial charge < -0.3 is 14.6 Å². The number of amides is 1. The summed E-state index contributed by atoms with van der Waals surface area (Å²) in [5.74, 6) is 8.42. The van der Waals surface area contributed by atoms with Gasteiger partial charge in [-0.1, -0.05) is 36.3 Å². The number of hydrogen-bond donors (Lipinski definition) is 1. The molecule has 3 aliphatic carbocycles. The Morgan fingerprint density at radius 1 is 1.20 bits per heavy atom. The SMILES string of the molecule is O=C(NC1CC(COCC#CC2CCCCC2)N(C2CC2)C1)c1cc(C2CC2)on1. The third-order valence-corrected chi connectivity index (χ3v) is 6.94. The van der Waals surface area contributed by atoms with E-state index in [0.717, 1.165) is 31.6 Å². The minimum absolute atomic E-state index is 0.119. The zero-order valence-electron chi connectivity index (χ0n) is 17.8. The molecule has 0 bridgehead atoms. The van der Waals surface area contributed by atoms with E-state index >= 15 is 0 Å². The number of hydrogen-bond acceptors (Lipinski definition) is 5. The van der Waals surface area contributed by atoms with Gasteiger partial charge in [0.15, 0.2) is 5.69 Å². The Morgan fingerprint density at radius 2 is 2.03 bits per heavy atom. The van der Waals surface area contributed by atoms with E-state index in [4.69, 9.17) is 9.26 Å². The molecular weight excluding hydrogens is 378 g/mol. The van der Waals surface area contributed by atoms with Gasteiger partial charge in [-0.25, -0.2) is 0 Å². The maximum atomic E-state index is 12.6. The Labute approximate surface area is 179 Å². The summed E-state index contributed by atoms with van der Waals surface area (Å²) in [6.45, 7) is 2.11. The lowest BCUT2D eigenvalue weighted by Crippen LogP contribution is -2.38. The quantitative estimate of drug-likeness (QED) is 0.550. The molecule has 3 saturated carbocycles. The normalized spacial score (nSPS) is 27.6. The molecule has 4 aliphatic rings. The molecule has 6 heteroatoms. The van der Waals surface area contributed by atoms with Gasteiger partial charge in [-0.3, -0.25) is 9.69 Å². The van der Waals surface area contributed by atoms with E-state index in [1.165, 1.54) is 44.9 Å². The van der Waals surface area contributed by atoms with Gasteiger partial charge in [-0.05, 0) is 44.9 Å². The molecule has 0 spiro atoms. The van der Waals surface area contributed by atoms with Crippen molar-refractivity contribution in [1.82, 2.24) is 15.4 Å². The molecule has 1 aromatic heterocycles. The summed E-state index contributed by atoms with van der Waals surface area (Å²) in [5, 5.41) is 7.14. The van der Waals surface area contributed by atoms with Crippen molar-refractivity contribution in [2.75, 3.05) is 19.8 Å². The molecule has 1 aromatic rings. The van der Waals surface area contributed by atoms with E-state index in [-0.39, 0.29) is 11.9 Å². The standard InChI is InChI=1S/C24H33N3O3/c28-24(22-14-23(30-26-22)18-8-9-18)25-19-13-21(27(15-19)20-10-11-20)16-29-12-4-7-17-5-2-1-3-6-17/h14,17-21H,1-3,5-6,8-13,15-16H2,(H,25,28). The van der Waals surface area contributed by atoms with Crippen molar-refractivity contribution in [3.63, 3.8) is 0 Å². The van der Waals surface area contributed by atoms with E-state index in [1.807, 2.05) is 6.07 Å². The fourth-order valence-electron chi connectivity index (χ4n) is 4.96. The predicted molar refractivity (Wildman–Crippen MR) is 113 cm³/mol. The number of carbonyl (C=O) groups excluding carboxylic acids is 1. The maximum absolute atomic E-state index is 12.6. The summed E-state index contributed by atoms with van der Waals surface area (Å²) in [6, 6.07) is 2.97. The predicted octanol–water partition coefficient (Wildman–Crippen LogP) is 3.49. The molecule has 1 aliphatic heterocycles. The molecular formula is C24H33N3O3. The van der Waals surface area contributed by atoms with Gasteiger partial charge in [-0.2, -0.15) is 0 Å². The zero-order valence-corrected chi connectivity index (χ0v) is 17.8. The number of carbonyl (C=O) groups is 1. The number of likely N-dealkylation sites (tertiary alicyclic amines) is 1. The van der Waals surface area contributed by atoms with Crippen LogP contribution in [0.15, 0.2) is 10.6 Å². The van der Waals surface area contributed by atoms with Gasteiger partial charge >= 0.3 is 0 Å². The van der Waals surface area contributed by atoms with Gasteiger partial charge in [0.05, 0.1) is 6.61 Å². The second-order valence-corrected chi connectivity index (χ2v) is 9.55.